The molecule has 0 saturated heterocycles. The van der Waals surface area contributed by atoms with Gasteiger partial charge in [0.05, 0.1) is 21.1 Å². The molecular formula is C63H42N2S. The maximum absolute atomic E-state index is 2.46. The second-order valence-corrected chi connectivity index (χ2v) is 18.2. The smallest absolute Gasteiger partial charge is 0.0727 e. The molecule has 0 unspecified atom stereocenters. The van der Waals surface area contributed by atoms with Gasteiger partial charge in [0.2, 0.25) is 0 Å². The van der Waals surface area contributed by atoms with E-state index in [1.54, 1.807) is 0 Å². The first-order valence-corrected chi connectivity index (χ1v) is 23.5. The molecular weight excluding hydrogens is 817 g/mol. The van der Waals surface area contributed by atoms with Crippen LogP contribution in [-0.4, -0.2) is 4.57 Å². The number of hydrogen-bond acceptors (Lipinski definition) is 2. The lowest BCUT2D eigenvalue weighted by Gasteiger charge is -2.35. The van der Waals surface area contributed by atoms with Crippen LogP contribution in [0.2, 0.25) is 0 Å². The van der Waals surface area contributed by atoms with E-state index >= 15 is 0 Å². The lowest BCUT2D eigenvalue weighted by atomic mass is 9.67. The monoisotopic (exact) mass is 858 g/mol. The van der Waals surface area contributed by atoms with Crippen LogP contribution >= 0.6 is 11.3 Å². The molecule has 10 aromatic carbocycles. The van der Waals surface area contributed by atoms with Gasteiger partial charge in [-0.15, -0.1) is 11.3 Å². The summed E-state index contributed by atoms with van der Waals surface area (Å²) < 4.78 is 5.06. The van der Waals surface area contributed by atoms with Crippen LogP contribution in [-0.2, 0) is 5.41 Å². The predicted octanol–water partition coefficient (Wildman–Crippen LogP) is 17.2. The van der Waals surface area contributed by atoms with Crippen molar-refractivity contribution in [3.8, 4) is 39.1 Å². The van der Waals surface area contributed by atoms with Crippen molar-refractivity contribution in [3.05, 3.63) is 277 Å². The summed E-state index contributed by atoms with van der Waals surface area (Å²) in [6.07, 6.45) is 0. The van der Waals surface area contributed by atoms with Crippen molar-refractivity contribution in [2.45, 2.75) is 5.41 Å². The minimum Gasteiger partial charge on any atom is -0.310 e. The second kappa shape index (κ2) is 15.5. The first-order chi connectivity index (χ1) is 32.8. The highest BCUT2D eigenvalue weighted by molar-refractivity contribution is 7.27. The molecule has 0 saturated carbocycles. The van der Waals surface area contributed by atoms with Gasteiger partial charge in [-0.2, -0.15) is 0 Å². The van der Waals surface area contributed by atoms with Crippen molar-refractivity contribution in [2.24, 2.45) is 0 Å². The van der Waals surface area contributed by atoms with Crippen molar-refractivity contribution < 1.29 is 0 Å². The van der Waals surface area contributed by atoms with Gasteiger partial charge in [-0.3, -0.25) is 0 Å². The molecule has 0 amide bonds. The summed E-state index contributed by atoms with van der Waals surface area (Å²) in [5.41, 5.74) is 18.9. The summed E-state index contributed by atoms with van der Waals surface area (Å²) in [6, 6.07) is 93.5. The van der Waals surface area contributed by atoms with Gasteiger partial charge in [-0.25, -0.2) is 0 Å². The van der Waals surface area contributed by atoms with Crippen LogP contribution in [0.3, 0.4) is 0 Å². The second-order valence-electron chi connectivity index (χ2n) is 17.2. The Morgan fingerprint density at radius 2 is 0.864 bits per heavy atom. The first-order valence-electron chi connectivity index (χ1n) is 22.7. The van der Waals surface area contributed by atoms with Crippen LogP contribution in [0.1, 0.15) is 22.3 Å². The maximum Gasteiger partial charge on any atom is 0.0727 e. The summed E-state index contributed by atoms with van der Waals surface area (Å²) in [5, 5.41) is 2.56. The molecule has 0 N–H and O–H groups in total. The SMILES string of the molecule is c1ccc(-c2ccc(N(c3ccc(-c4cccc5c4sc4c6ccccc6n(-c6ccccc6)c54)cc3)c3ccc4c(c3)C(c3ccccc3)(c3ccccc3)c3ccccc3-4)cc2)cc1. The Labute approximate surface area is 388 Å². The standard InChI is InChI=1S/C63H42N2S/c1-5-18-43(19-6-1)44-32-36-49(37-33-44)64(51-40-41-54-53-26-13-15-30-57(53)63(58(54)42-51,46-20-7-2-8-21-46)47-22-9-3-10-23-47)50-38-34-45(35-39-50)52-28-17-29-56-60-62(66-61(52)56)55-27-14-16-31-59(55)65(60)48-24-11-4-12-25-48/h1-42H. The zero-order valence-corrected chi connectivity index (χ0v) is 36.9. The molecule has 2 nitrogen and oxygen atoms in total. The quantitative estimate of drug-likeness (QED) is 0.148. The highest BCUT2D eigenvalue weighted by Crippen LogP contribution is 2.57. The minimum atomic E-state index is -0.507. The number of hydrogen-bond donors (Lipinski definition) is 0. The van der Waals surface area contributed by atoms with Crippen LogP contribution < -0.4 is 4.90 Å². The zero-order chi connectivity index (χ0) is 43.6. The van der Waals surface area contributed by atoms with Gasteiger partial charge >= 0.3 is 0 Å². The summed E-state index contributed by atoms with van der Waals surface area (Å²) >= 11 is 1.90. The fourth-order valence-electron chi connectivity index (χ4n) is 10.8. The molecule has 0 spiro atoms. The van der Waals surface area contributed by atoms with Crippen molar-refractivity contribution >= 4 is 59.6 Å². The average molecular weight is 859 g/mol. The third-order valence-corrected chi connectivity index (χ3v) is 14.9. The van der Waals surface area contributed by atoms with E-state index in [1.165, 1.54) is 92.5 Å². The highest BCUT2D eigenvalue weighted by Gasteiger charge is 2.46. The van der Waals surface area contributed by atoms with Crippen molar-refractivity contribution in [1.82, 2.24) is 4.57 Å². The topological polar surface area (TPSA) is 8.17 Å². The molecule has 1 aliphatic carbocycles. The lowest BCUT2D eigenvalue weighted by molar-refractivity contribution is 0.768. The van der Waals surface area contributed by atoms with E-state index in [2.05, 4.69) is 264 Å². The number of nitrogens with zero attached hydrogens (tertiary/aromatic N) is 2. The van der Waals surface area contributed by atoms with E-state index in [9.17, 15) is 0 Å². The summed E-state index contributed by atoms with van der Waals surface area (Å²) in [7, 11) is 0. The van der Waals surface area contributed by atoms with Crippen LogP contribution in [0.25, 0.3) is 70.3 Å². The molecule has 13 rings (SSSR count). The Morgan fingerprint density at radius 1 is 0.348 bits per heavy atom. The fraction of sp³-hybridized carbons (Fsp3) is 0.0159. The Kier molecular flexibility index (Phi) is 8.97. The molecule has 0 atom stereocenters. The molecule has 2 aromatic heterocycles. The minimum absolute atomic E-state index is 0.507. The number of fused-ring (bicyclic) bond motifs is 8. The van der Waals surface area contributed by atoms with Crippen molar-refractivity contribution in [3.63, 3.8) is 0 Å². The fourth-order valence-corrected chi connectivity index (χ4v) is 12.2. The predicted molar refractivity (Wildman–Crippen MR) is 279 cm³/mol. The van der Waals surface area contributed by atoms with E-state index in [1.807, 2.05) is 11.3 Å². The summed E-state index contributed by atoms with van der Waals surface area (Å²) in [6.45, 7) is 0. The molecule has 1 aliphatic rings. The molecule has 66 heavy (non-hydrogen) atoms. The van der Waals surface area contributed by atoms with Crippen LogP contribution in [0.5, 0.6) is 0 Å². The van der Waals surface area contributed by atoms with Crippen LogP contribution in [0.4, 0.5) is 17.1 Å². The molecule has 3 heteroatoms. The van der Waals surface area contributed by atoms with Crippen LogP contribution in [0, 0.1) is 0 Å². The Bertz CT molecular complexity index is 3680. The molecule has 0 aliphatic heterocycles. The normalized spacial score (nSPS) is 12.7. The number of anilines is 3. The Hall–Kier alpha value is -8.24. The number of benzene rings is 10. The van der Waals surface area contributed by atoms with Gasteiger partial charge in [-0.05, 0) is 110 Å². The molecule has 0 radical (unpaired) electrons. The lowest BCUT2D eigenvalue weighted by Crippen LogP contribution is -2.28. The number of rotatable bonds is 8. The van der Waals surface area contributed by atoms with Gasteiger partial charge < -0.3 is 9.47 Å². The molecule has 0 fully saturated rings. The molecule has 0 bridgehead atoms. The van der Waals surface area contributed by atoms with E-state index in [0.29, 0.717) is 0 Å². The average Bonchev–Trinajstić information content (AvgIpc) is 4.04. The number of thiophene rings is 1. The van der Waals surface area contributed by atoms with Crippen molar-refractivity contribution in [1.29, 1.82) is 0 Å². The van der Waals surface area contributed by atoms with Crippen LogP contribution in [0.15, 0.2) is 255 Å². The van der Waals surface area contributed by atoms with Crippen molar-refractivity contribution in [2.75, 3.05) is 4.90 Å². The largest absolute Gasteiger partial charge is 0.310 e. The van der Waals surface area contributed by atoms with Gasteiger partial charge in [0, 0.05) is 38.2 Å². The number of aromatic nitrogens is 1. The van der Waals surface area contributed by atoms with Gasteiger partial charge in [0.25, 0.3) is 0 Å². The Balaban J connectivity index is 0.983. The molecule has 12 aromatic rings. The zero-order valence-electron chi connectivity index (χ0n) is 36.1. The van der Waals surface area contributed by atoms with E-state index in [0.717, 1.165) is 17.1 Å². The van der Waals surface area contributed by atoms with E-state index in [-0.39, 0.29) is 0 Å². The third kappa shape index (κ3) is 5.87. The van der Waals surface area contributed by atoms with Gasteiger partial charge in [-0.1, -0.05) is 200 Å². The van der Waals surface area contributed by atoms with Gasteiger partial charge in [0.15, 0.2) is 0 Å². The third-order valence-electron chi connectivity index (χ3n) is 13.7. The summed E-state index contributed by atoms with van der Waals surface area (Å²) in [5.74, 6) is 0. The van der Waals surface area contributed by atoms with E-state index in [4.69, 9.17) is 0 Å². The molecule has 310 valence electrons. The maximum atomic E-state index is 2.46. The molecule has 2 heterocycles. The Morgan fingerprint density at radius 3 is 1.56 bits per heavy atom. The van der Waals surface area contributed by atoms with Gasteiger partial charge in [0.1, 0.15) is 0 Å². The first kappa shape index (κ1) is 38.2. The highest BCUT2D eigenvalue weighted by atomic mass is 32.1. The van der Waals surface area contributed by atoms with E-state index < -0.39 is 5.41 Å². The summed E-state index contributed by atoms with van der Waals surface area (Å²) in [4.78, 5) is 2.43. The number of para-hydroxylation sites is 2.